The Labute approximate surface area is 201 Å². The fourth-order valence-electron chi connectivity index (χ4n) is 5.51. The zero-order valence-electron chi connectivity index (χ0n) is 19.8. The second kappa shape index (κ2) is 8.30. The number of rotatable bonds is 5. The molecule has 0 spiro atoms. The molecular weight excluding hydrogens is 450 g/mol. The van der Waals surface area contributed by atoms with Crippen molar-refractivity contribution in [3.8, 4) is 5.88 Å². The van der Waals surface area contributed by atoms with Crippen LogP contribution in [0.15, 0.2) is 18.5 Å². The topological polar surface area (TPSA) is 88.5 Å². The van der Waals surface area contributed by atoms with Crippen LogP contribution in [0.1, 0.15) is 66.7 Å². The molecule has 0 aromatic carbocycles. The fraction of sp³-hybridized carbons (Fsp3) is 0.560. The van der Waals surface area contributed by atoms with Crippen LogP contribution in [0.3, 0.4) is 0 Å². The van der Waals surface area contributed by atoms with E-state index in [0.29, 0.717) is 19.2 Å². The summed E-state index contributed by atoms with van der Waals surface area (Å²) in [7, 11) is -3.15. The lowest BCUT2D eigenvalue weighted by Crippen LogP contribution is -2.41. The Morgan fingerprint density at radius 2 is 1.88 bits per heavy atom. The van der Waals surface area contributed by atoms with Gasteiger partial charge in [-0.25, -0.2) is 27.7 Å². The molecule has 0 N–H and O–H groups in total. The number of hydrogen-bond acceptors (Lipinski definition) is 7. The largest absolute Gasteiger partial charge is 0.474 e. The minimum Gasteiger partial charge on any atom is -0.474 e. The molecule has 1 saturated heterocycles. The van der Waals surface area contributed by atoms with Gasteiger partial charge in [-0.2, -0.15) is 0 Å². The number of ether oxygens (including phenoxy) is 1. The summed E-state index contributed by atoms with van der Waals surface area (Å²) in [5.41, 5.74) is 6.87. The fourth-order valence-corrected chi connectivity index (χ4v) is 6.39. The number of pyridine rings is 1. The summed E-state index contributed by atoms with van der Waals surface area (Å²) in [6.07, 6.45) is 13.2. The lowest BCUT2D eigenvalue weighted by atomic mass is 9.87. The van der Waals surface area contributed by atoms with Gasteiger partial charge in [0.15, 0.2) is 0 Å². The van der Waals surface area contributed by atoms with E-state index < -0.39 is 10.0 Å². The van der Waals surface area contributed by atoms with E-state index >= 15 is 0 Å². The van der Waals surface area contributed by atoms with Crippen molar-refractivity contribution in [3.63, 3.8) is 0 Å². The predicted octanol–water partition coefficient (Wildman–Crippen LogP) is 3.07. The molecule has 0 bridgehead atoms. The molecule has 0 unspecified atom stereocenters. The van der Waals surface area contributed by atoms with Gasteiger partial charge in [0.2, 0.25) is 15.9 Å². The molecule has 4 heterocycles. The van der Waals surface area contributed by atoms with Crippen LogP contribution in [0.4, 0.5) is 5.69 Å². The van der Waals surface area contributed by atoms with E-state index in [1.54, 1.807) is 10.6 Å². The molecule has 2 aliphatic carbocycles. The number of aromatic nitrogens is 3. The van der Waals surface area contributed by atoms with Crippen molar-refractivity contribution in [2.45, 2.75) is 70.1 Å². The monoisotopic (exact) mass is 481 g/mol. The summed E-state index contributed by atoms with van der Waals surface area (Å²) < 4.78 is 31.6. The molecular formula is C25H31N5O3S. The third-order valence-electron chi connectivity index (χ3n) is 7.54. The average Bonchev–Trinajstić information content (AvgIpc) is 3.50. The first-order valence-corrected chi connectivity index (χ1v) is 14.1. The molecule has 1 saturated carbocycles. The molecule has 2 aliphatic heterocycles. The standard InChI is InChI=1S/C25H31N5O3S/c1-16-12-22-20(25(27-15-26-22)17-8-10-29(11-9-17)34(2,31)32)14-30(16)23-13-24(33-18-6-7-18)28-21-5-3-4-19(21)23/h3-4,13,15-18H,5-12,14H2,1-2H3/t16-/m1/s1. The maximum absolute atomic E-state index is 12.0. The second-order valence-corrected chi connectivity index (χ2v) is 12.0. The molecule has 34 heavy (non-hydrogen) atoms. The highest BCUT2D eigenvalue weighted by molar-refractivity contribution is 7.88. The number of nitrogens with zero attached hydrogens (tertiary/aromatic N) is 5. The highest BCUT2D eigenvalue weighted by atomic mass is 32.2. The molecule has 0 radical (unpaired) electrons. The SMILES string of the molecule is C[C@@H]1Cc2ncnc(C3CCN(S(C)(=O)=O)CC3)c2CN1c1cc(OC2CC2)nc2c1C=CC2. The van der Waals surface area contributed by atoms with Gasteiger partial charge in [0, 0.05) is 61.6 Å². The van der Waals surface area contributed by atoms with E-state index in [2.05, 4.69) is 35.0 Å². The molecule has 0 amide bonds. The zero-order valence-corrected chi connectivity index (χ0v) is 20.6. The zero-order chi connectivity index (χ0) is 23.4. The van der Waals surface area contributed by atoms with Gasteiger partial charge >= 0.3 is 0 Å². The molecule has 8 nitrogen and oxygen atoms in total. The van der Waals surface area contributed by atoms with E-state index in [4.69, 9.17) is 14.7 Å². The molecule has 4 aliphatic rings. The summed E-state index contributed by atoms with van der Waals surface area (Å²) in [5.74, 6) is 0.984. The Kier molecular flexibility index (Phi) is 5.37. The second-order valence-electron chi connectivity index (χ2n) is 10.1. The van der Waals surface area contributed by atoms with Gasteiger partial charge in [0.1, 0.15) is 12.4 Å². The number of sulfonamides is 1. The quantitative estimate of drug-likeness (QED) is 0.648. The van der Waals surface area contributed by atoms with Crippen LogP contribution < -0.4 is 9.64 Å². The first-order valence-electron chi connectivity index (χ1n) is 12.3. The van der Waals surface area contributed by atoms with E-state index in [0.717, 1.165) is 68.0 Å². The Hall–Kier alpha value is -2.52. The minimum atomic E-state index is -3.15. The van der Waals surface area contributed by atoms with Gasteiger partial charge in [-0.3, -0.25) is 0 Å². The smallest absolute Gasteiger partial charge is 0.215 e. The van der Waals surface area contributed by atoms with Gasteiger partial charge in [0.05, 0.1) is 29.0 Å². The summed E-state index contributed by atoms with van der Waals surface area (Å²) in [6, 6.07) is 2.40. The van der Waals surface area contributed by atoms with E-state index in [-0.39, 0.29) is 12.0 Å². The van der Waals surface area contributed by atoms with Gasteiger partial charge in [-0.15, -0.1) is 0 Å². The Bertz CT molecular complexity index is 1250. The van der Waals surface area contributed by atoms with Crippen molar-refractivity contribution in [3.05, 3.63) is 46.7 Å². The average molecular weight is 482 g/mol. The maximum Gasteiger partial charge on any atom is 0.215 e. The van der Waals surface area contributed by atoms with Gasteiger partial charge < -0.3 is 9.64 Å². The van der Waals surface area contributed by atoms with E-state index in [9.17, 15) is 8.42 Å². The molecule has 1 atom stereocenters. The van der Waals surface area contributed by atoms with Crippen molar-refractivity contribution in [2.24, 2.45) is 0 Å². The highest BCUT2D eigenvalue weighted by Gasteiger charge is 2.34. The normalized spacial score (nSPS) is 23.1. The van der Waals surface area contributed by atoms with Crippen LogP contribution in [-0.2, 0) is 29.4 Å². The predicted molar refractivity (Wildman–Crippen MR) is 130 cm³/mol. The van der Waals surface area contributed by atoms with Gasteiger partial charge in [-0.1, -0.05) is 12.2 Å². The van der Waals surface area contributed by atoms with Crippen molar-refractivity contribution in [1.29, 1.82) is 0 Å². The molecule has 2 aromatic rings. The van der Waals surface area contributed by atoms with E-state index in [1.165, 1.54) is 23.1 Å². The highest BCUT2D eigenvalue weighted by Crippen LogP contribution is 2.40. The van der Waals surface area contributed by atoms with Crippen molar-refractivity contribution >= 4 is 21.8 Å². The van der Waals surface area contributed by atoms with E-state index in [1.807, 2.05) is 0 Å². The Morgan fingerprint density at radius 3 is 2.62 bits per heavy atom. The number of allylic oxidation sites excluding steroid dienone is 1. The van der Waals surface area contributed by atoms with Crippen molar-refractivity contribution < 1.29 is 13.2 Å². The van der Waals surface area contributed by atoms with Gasteiger partial charge in [-0.05, 0) is 32.6 Å². The summed E-state index contributed by atoms with van der Waals surface area (Å²) in [5, 5.41) is 0. The maximum atomic E-state index is 12.0. The van der Waals surface area contributed by atoms with Crippen LogP contribution in [0.25, 0.3) is 6.08 Å². The molecule has 180 valence electrons. The first-order chi connectivity index (χ1) is 16.4. The third-order valence-corrected chi connectivity index (χ3v) is 8.84. The first kappa shape index (κ1) is 22.0. The van der Waals surface area contributed by atoms with Crippen LogP contribution in [0, 0.1) is 0 Å². The number of piperidine rings is 1. The van der Waals surface area contributed by atoms with Gasteiger partial charge in [0.25, 0.3) is 0 Å². The summed E-state index contributed by atoms with van der Waals surface area (Å²) >= 11 is 0. The third kappa shape index (κ3) is 4.09. The molecule has 9 heteroatoms. The number of hydrogen-bond donors (Lipinski definition) is 0. The van der Waals surface area contributed by atoms with Crippen LogP contribution in [-0.4, -0.2) is 59.2 Å². The lowest BCUT2D eigenvalue weighted by Gasteiger charge is -2.39. The molecule has 2 aromatic heterocycles. The van der Waals surface area contributed by atoms with Crippen LogP contribution in [0.2, 0.25) is 0 Å². The van der Waals surface area contributed by atoms with Crippen LogP contribution >= 0.6 is 0 Å². The summed E-state index contributed by atoms with van der Waals surface area (Å²) in [6.45, 7) is 4.09. The van der Waals surface area contributed by atoms with Crippen molar-refractivity contribution in [1.82, 2.24) is 19.3 Å². The van der Waals surface area contributed by atoms with Crippen LogP contribution in [0.5, 0.6) is 5.88 Å². The number of fused-ring (bicyclic) bond motifs is 2. The molecule has 6 rings (SSSR count). The summed E-state index contributed by atoms with van der Waals surface area (Å²) in [4.78, 5) is 16.6. The number of anilines is 1. The van der Waals surface area contributed by atoms with Crippen molar-refractivity contribution in [2.75, 3.05) is 24.2 Å². The Balaban J connectivity index is 1.32. The minimum absolute atomic E-state index is 0.252. The molecule has 2 fully saturated rings. The Morgan fingerprint density at radius 1 is 1.09 bits per heavy atom. The lowest BCUT2D eigenvalue weighted by molar-refractivity contribution is 0.290.